The van der Waals surface area contributed by atoms with E-state index in [1.165, 1.54) is 56.1 Å². The Labute approximate surface area is 194 Å². The number of Topliss-reactive ketones (excluding diaryl/α,β-unsaturated/α-hetero) is 1. The van der Waals surface area contributed by atoms with Crippen LogP contribution >= 0.6 is 0 Å². The lowest BCUT2D eigenvalue weighted by Crippen LogP contribution is -2.25. The highest BCUT2D eigenvalue weighted by Gasteiger charge is 2.37. The van der Waals surface area contributed by atoms with Gasteiger partial charge in [0.05, 0.1) is 0 Å². The van der Waals surface area contributed by atoms with Gasteiger partial charge in [0.15, 0.2) is 0 Å². The van der Waals surface area contributed by atoms with Gasteiger partial charge in [-0.2, -0.15) is 0 Å². The van der Waals surface area contributed by atoms with Gasteiger partial charge in [0, 0.05) is 12.3 Å². The highest BCUT2D eigenvalue weighted by Crippen LogP contribution is 2.46. The maximum absolute atomic E-state index is 11.6. The van der Waals surface area contributed by atoms with Crippen molar-refractivity contribution in [1.29, 1.82) is 0 Å². The van der Waals surface area contributed by atoms with Crippen LogP contribution in [-0.4, -0.2) is 5.78 Å². The lowest BCUT2D eigenvalue weighted by atomic mass is 9.71. The zero-order valence-corrected chi connectivity index (χ0v) is 20.2. The Morgan fingerprint density at radius 2 is 1.97 bits per heavy atom. The molecule has 2 nitrogen and oxygen atoms in total. The van der Waals surface area contributed by atoms with E-state index >= 15 is 0 Å². The number of hydrogen-bond acceptors (Lipinski definition) is 2. The minimum Gasteiger partial charge on any atom is -0.485 e. The Bertz CT molecular complexity index is 901. The molecule has 0 amide bonds. The zero-order valence-electron chi connectivity index (χ0n) is 20.2. The average molecular weight is 433 g/mol. The second-order valence-electron chi connectivity index (χ2n) is 10.5. The molecule has 0 aromatic heterocycles. The van der Waals surface area contributed by atoms with Gasteiger partial charge in [-0.1, -0.05) is 82.3 Å². The van der Waals surface area contributed by atoms with Crippen LogP contribution in [0.15, 0.2) is 48.5 Å². The summed E-state index contributed by atoms with van der Waals surface area (Å²) in [7, 11) is 0. The molecule has 0 bridgehead atoms. The molecule has 0 aliphatic heterocycles. The highest BCUT2D eigenvalue weighted by molar-refractivity contribution is 5.78. The Kier molecular flexibility index (Phi) is 7.71. The molecule has 0 N–H and O–H groups in total. The number of fused-ring (bicyclic) bond motifs is 1. The largest absolute Gasteiger partial charge is 0.485 e. The Hall–Kier alpha value is -2.09. The Balaban J connectivity index is 1.49. The van der Waals surface area contributed by atoms with E-state index in [1.807, 2.05) is 18.2 Å². The van der Waals surface area contributed by atoms with E-state index in [2.05, 4.69) is 44.2 Å². The lowest BCUT2D eigenvalue weighted by molar-refractivity contribution is -0.116. The fourth-order valence-electron chi connectivity index (χ4n) is 6.35. The number of benzene rings is 2. The average Bonchev–Trinajstić information content (AvgIpc) is 3.11. The van der Waals surface area contributed by atoms with E-state index in [1.54, 1.807) is 6.92 Å². The third-order valence-corrected chi connectivity index (χ3v) is 7.89. The van der Waals surface area contributed by atoms with E-state index in [0.717, 1.165) is 35.5 Å². The molecule has 172 valence electrons. The van der Waals surface area contributed by atoms with Crippen molar-refractivity contribution in [3.05, 3.63) is 65.2 Å². The molecule has 0 radical (unpaired) electrons. The van der Waals surface area contributed by atoms with Crippen molar-refractivity contribution in [3.63, 3.8) is 0 Å². The summed E-state index contributed by atoms with van der Waals surface area (Å²) in [6, 6.07) is 17.0. The normalized spacial score (nSPS) is 25.8. The molecule has 1 fully saturated rings. The molecule has 0 spiro atoms. The summed E-state index contributed by atoms with van der Waals surface area (Å²) < 4.78 is 6.68. The summed E-state index contributed by atoms with van der Waals surface area (Å²) in [4.78, 5) is 11.6. The molecule has 2 aliphatic carbocycles. The van der Waals surface area contributed by atoms with Crippen molar-refractivity contribution >= 4 is 5.78 Å². The standard InChI is InChI=1S/C30H40O2/c1-4-9-21(2)25-13-7-10-24(17-25)18-27-20-26-12-5-6-15-29(26)30(27)32-28-14-8-11-23(19-28)16-22(3)31/h5-6,8,11-12,14-15,19,21,24-25,27,30H,4,7,9-10,13,16-18,20H2,1-3H3. The summed E-state index contributed by atoms with van der Waals surface area (Å²) in [6.07, 6.45) is 11.2. The van der Waals surface area contributed by atoms with Gasteiger partial charge in [-0.25, -0.2) is 0 Å². The van der Waals surface area contributed by atoms with Crippen molar-refractivity contribution in [1.82, 2.24) is 0 Å². The number of ketones is 1. The molecule has 2 heteroatoms. The maximum Gasteiger partial charge on any atom is 0.134 e. The summed E-state index contributed by atoms with van der Waals surface area (Å²) in [6.45, 7) is 6.44. The maximum atomic E-state index is 11.6. The first-order valence-corrected chi connectivity index (χ1v) is 12.9. The van der Waals surface area contributed by atoms with Gasteiger partial charge in [-0.3, -0.25) is 4.79 Å². The molecule has 1 saturated carbocycles. The van der Waals surface area contributed by atoms with E-state index in [4.69, 9.17) is 4.74 Å². The Morgan fingerprint density at radius 3 is 2.78 bits per heavy atom. The smallest absolute Gasteiger partial charge is 0.134 e. The van der Waals surface area contributed by atoms with Gasteiger partial charge in [0.2, 0.25) is 0 Å². The van der Waals surface area contributed by atoms with Crippen LogP contribution in [0.25, 0.3) is 0 Å². The van der Waals surface area contributed by atoms with Crippen LogP contribution in [0.4, 0.5) is 0 Å². The van der Waals surface area contributed by atoms with Gasteiger partial charge in [-0.15, -0.1) is 0 Å². The molecular formula is C30H40O2. The van der Waals surface area contributed by atoms with Crippen molar-refractivity contribution in [2.75, 3.05) is 0 Å². The van der Waals surface area contributed by atoms with Gasteiger partial charge >= 0.3 is 0 Å². The quantitative estimate of drug-likeness (QED) is 0.405. The van der Waals surface area contributed by atoms with Crippen LogP contribution in [-0.2, 0) is 17.6 Å². The van der Waals surface area contributed by atoms with Crippen molar-refractivity contribution < 1.29 is 9.53 Å². The van der Waals surface area contributed by atoms with Crippen LogP contribution in [0.2, 0.25) is 0 Å². The van der Waals surface area contributed by atoms with Crippen LogP contribution < -0.4 is 4.74 Å². The van der Waals surface area contributed by atoms with E-state index in [9.17, 15) is 4.79 Å². The summed E-state index contributed by atoms with van der Waals surface area (Å²) in [5.74, 6) is 4.21. The minimum atomic E-state index is 0.118. The number of ether oxygens (including phenoxy) is 1. The van der Waals surface area contributed by atoms with Crippen LogP contribution in [0, 0.1) is 23.7 Å². The first-order valence-electron chi connectivity index (χ1n) is 12.9. The Morgan fingerprint density at radius 1 is 1.12 bits per heavy atom. The molecule has 0 saturated heterocycles. The van der Waals surface area contributed by atoms with E-state index in [-0.39, 0.29) is 11.9 Å². The summed E-state index contributed by atoms with van der Waals surface area (Å²) in [5, 5.41) is 0. The first-order chi connectivity index (χ1) is 15.5. The number of carbonyl (C=O) groups excluding carboxylic acids is 1. The molecule has 2 aliphatic rings. The van der Waals surface area contributed by atoms with Gasteiger partial charge in [0.25, 0.3) is 0 Å². The second-order valence-corrected chi connectivity index (χ2v) is 10.5. The van der Waals surface area contributed by atoms with Crippen molar-refractivity contribution in [3.8, 4) is 5.75 Å². The topological polar surface area (TPSA) is 26.3 Å². The fraction of sp³-hybridized carbons (Fsp3) is 0.567. The number of carbonyl (C=O) groups is 1. The first kappa shape index (κ1) is 23.1. The zero-order chi connectivity index (χ0) is 22.5. The molecule has 4 rings (SSSR count). The molecule has 2 aromatic rings. The minimum absolute atomic E-state index is 0.118. The van der Waals surface area contributed by atoms with Crippen molar-refractivity contribution in [2.45, 2.75) is 84.7 Å². The molecule has 0 heterocycles. The second kappa shape index (κ2) is 10.7. The monoisotopic (exact) mass is 432 g/mol. The van der Waals surface area contributed by atoms with Crippen LogP contribution in [0.5, 0.6) is 5.75 Å². The molecular weight excluding hydrogens is 392 g/mol. The highest BCUT2D eigenvalue weighted by atomic mass is 16.5. The summed E-state index contributed by atoms with van der Waals surface area (Å²) in [5.41, 5.74) is 3.85. The van der Waals surface area contributed by atoms with Crippen LogP contribution in [0.1, 0.15) is 88.5 Å². The molecule has 2 aromatic carbocycles. The van der Waals surface area contributed by atoms with Gasteiger partial charge in [0.1, 0.15) is 17.6 Å². The number of rotatable bonds is 9. The van der Waals surface area contributed by atoms with Crippen LogP contribution in [0.3, 0.4) is 0 Å². The van der Waals surface area contributed by atoms with Gasteiger partial charge in [-0.05, 0) is 72.8 Å². The number of hydrogen-bond donors (Lipinski definition) is 0. The van der Waals surface area contributed by atoms with Crippen molar-refractivity contribution in [2.24, 2.45) is 23.7 Å². The summed E-state index contributed by atoms with van der Waals surface area (Å²) >= 11 is 0. The predicted molar refractivity (Wildman–Crippen MR) is 132 cm³/mol. The molecule has 5 unspecified atom stereocenters. The third kappa shape index (κ3) is 5.63. The lowest BCUT2D eigenvalue weighted by Gasteiger charge is -2.35. The predicted octanol–water partition coefficient (Wildman–Crippen LogP) is 7.74. The van der Waals surface area contributed by atoms with E-state index < -0.39 is 0 Å². The van der Waals surface area contributed by atoms with E-state index in [0.29, 0.717) is 12.3 Å². The molecule has 32 heavy (non-hydrogen) atoms. The fourth-order valence-corrected chi connectivity index (χ4v) is 6.35. The third-order valence-electron chi connectivity index (χ3n) is 7.89. The SMILES string of the molecule is CCCC(C)C1CCCC(CC2Cc3ccccc3C2Oc2cccc(CC(C)=O)c2)C1. The molecule has 5 atom stereocenters. The van der Waals surface area contributed by atoms with Gasteiger partial charge < -0.3 is 4.74 Å².